The number of hydrogen-bond acceptors (Lipinski definition) is 6. The summed E-state index contributed by atoms with van der Waals surface area (Å²) >= 11 is 0. The van der Waals surface area contributed by atoms with Crippen LogP contribution >= 0.6 is 0 Å². The zero-order chi connectivity index (χ0) is 18.9. The van der Waals surface area contributed by atoms with Crippen LogP contribution in [-0.2, 0) is 14.8 Å². The molecule has 1 unspecified atom stereocenters. The van der Waals surface area contributed by atoms with Crippen LogP contribution < -0.4 is 10.6 Å². The van der Waals surface area contributed by atoms with Gasteiger partial charge in [-0.15, -0.1) is 0 Å². The van der Waals surface area contributed by atoms with Gasteiger partial charge in [-0.3, -0.25) is 15.2 Å². The number of amides is 1. The van der Waals surface area contributed by atoms with E-state index in [0.29, 0.717) is 50.5 Å². The molecule has 1 aromatic carbocycles. The second-order valence-corrected chi connectivity index (χ2v) is 8.52. The summed E-state index contributed by atoms with van der Waals surface area (Å²) in [5.41, 5.74) is 6.74. The third-order valence-corrected chi connectivity index (χ3v) is 5.93. The first kappa shape index (κ1) is 18.6. The second-order valence-electron chi connectivity index (χ2n) is 6.54. The van der Waals surface area contributed by atoms with Crippen LogP contribution in [0.2, 0.25) is 0 Å². The van der Waals surface area contributed by atoms with Crippen molar-refractivity contribution in [3.05, 3.63) is 29.8 Å². The van der Waals surface area contributed by atoms with Gasteiger partial charge in [0.2, 0.25) is 10.0 Å². The van der Waals surface area contributed by atoms with E-state index in [1.54, 1.807) is 29.2 Å². The van der Waals surface area contributed by atoms with Crippen molar-refractivity contribution in [3.63, 3.8) is 0 Å². The van der Waals surface area contributed by atoms with E-state index in [1.165, 1.54) is 10.6 Å². The van der Waals surface area contributed by atoms with Gasteiger partial charge < -0.3 is 10.5 Å². The van der Waals surface area contributed by atoms with Crippen molar-refractivity contribution < 1.29 is 17.9 Å². The van der Waals surface area contributed by atoms with E-state index in [4.69, 9.17) is 15.9 Å². The Morgan fingerprint density at radius 2 is 1.85 bits per heavy atom. The number of ether oxygens (including phenoxy) is 1. The standard InChI is InChI=1S/C16H23N5O4S/c1-26(23,24)20-8-6-19(7-9-20)10-14-11-21(16(22)25-14)13-4-2-12(3-5-13)15(17)18/h2-5,14H,6-11H2,1H3,(H3,17,18). The fourth-order valence-electron chi connectivity index (χ4n) is 3.18. The van der Waals surface area contributed by atoms with E-state index in [0.717, 1.165) is 0 Å². The summed E-state index contributed by atoms with van der Waals surface area (Å²) in [6, 6.07) is 6.88. The number of amidine groups is 1. The lowest BCUT2D eigenvalue weighted by atomic mass is 10.2. The van der Waals surface area contributed by atoms with Crippen LogP contribution in [0.1, 0.15) is 5.56 Å². The average molecular weight is 381 g/mol. The summed E-state index contributed by atoms with van der Waals surface area (Å²) in [7, 11) is -3.15. The third-order valence-electron chi connectivity index (χ3n) is 4.63. The molecule has 0 aromatic heterocycles. The fraction of sp³-hybridized carbons (Fsp3) is 0.500. The van der Waals surface area contributed by atoms with Crippen LogP contribution in [0.4, 0.5) is 10.5 Å². The van der Waals surface area contributed by atoms with Crippen molar-refractivity contribution in [3.8, 4) is 0 Å². The van der Waals surface area contributed by atoms with E-state index in [1.807, 2.05) is 0 Å². The van der Waals surface area contributed by atoms with E-state index >= 15 is 0 Å². The first-order valence-electron chi connectivity index (χ1n) is 8.34. The molecule has 0 aliphatic carbocycles. The van der Waals surface area contributed by atoms with Gasteiger partial charge >= 0.3 is 6.09 Å². The van der Waals surface area contributed by atoms with Crippen molar-refractivity contribution in [2.24, 2.45) is 5.73 Å². The Bertz CT molecular complexity index is 787. The highest BCUT2D eigenvalue weighted by molar-refractivity contribution is 7.88. The largest absolute Gasteiger partial charge is 0.443 e. The molecule has 1 atom stereocenters. The molecule has 2 aliphatic heterocycles. The number of carbonyl (C=O) groups is 1. The maximum absolute atomic E-state index is 12.2. The molecule has 10 heteroatoms. The summed E-state index contributed by atoms with van der Waals surface area (Å²) in [5.74, 6) is -0.0216. The molecule has 1 aromatic rings. The van der Waals surface area contributed by atoms with Gasteiger partial charge in [-0.05, 0) is 24.3 Å². The SMILES string of the molecule is CS(=O)(=O)N1CCN(CC2CN(c3ccc(C(=N)N)cc3)C(=O)O2)CC1. The fourth-order valence-corrected chi connectivity index (χ4v) is 4.01. The number of benzene rings is 1. The first-order chi connectivity index (χ1) is 12.2. The van der Waals surface area contributed by atoms with Crippen LogP contribution in [0.25, 0.3) is 0 Å². The Hall–Kier alpha value is -2.17. The summed E-state index contributed by atoms with van der Waals surface area (Å²) in [6.07, 6.45) is 0.552. The molecule has 0 radical (unpaired) electrons. The Morgan fingerprint density at radius 3 is 2.38 bits per heavy atom. The molecule has 2 saturated heterocycles. The maximum Gasteiger partial charge on any atom is 0.414 e. The number of rotatable bonds is 5. The minimum Gasteiger partial charge on any atom is -0.443 e. The highest BCUT2D eigenvalue weighted by atomic mass is 32.2. The molecule has 3 N–H and O–H groups in total. The van der Waals surface area contributed by atoms with Crippen LogP contribution in [0.15, 0.2) is 24.3 Å². The van der Waals surface area contributed by atoms with Gasteiger partial charge in [0.25, 0.3) is 0 Å². The molecule has 2 heterocycles. The van der Waals surface area contributed by atoms with E-state index < -0.39 is 16.1 Å². The maximum atomic E-state index is 12.2. The number of cyclic esters (lactones) is 1. The van der Waals surface area contributed by atoms with Gasteiger partial charge in [0.05, 0.1) is 12.8 Å². The average Bonchev–Trinajstić information content (AvgIpc) is 2.95. The van der Waals surface area contributed by atoms with E-state index in [9.17, 15) is 13.2 Å². The van der Waals surface area contributed by atoms with Crippen molar-refractivity contribution in [1.29, 1.82) is 5.41 Å². The highest BCUT2D eigenvalue weighted by Crippen LogP contribution is 2.23. The van der Waals surface area contributed by atoms with Gasteiger partial charge in [-0.25, -0.2) is 13.2 Å². The predicted octanol–water partition coefficient (Wildman–Crippen LogP) is -0.127. The van der Waals surface area contributed by atoms with Crippen molar-refractivity contribution in [1.82, 2.24) is 9.21 Å². The number of nitrogen functional groups attached to an aromatic ring is 1. The van der Waals surface area contributed by atoms with Crippen molar-refractivity contribution >= 4 is 27.6 Å². The van der Waals surface area contributed by atoms with Gasteiger partial charge in [0, 0.05) is 44.0 Å². The number of hydrogen-bond donors (Lipinski definition) is 2. The van der Waals surface area contributed by atoms with Gasteiger partial charge in [0.15, 0.2) is 0 Å². The van der Waals surface area contributed by atoms with Crippen LogP contribution in [0.5, 0.6) is 0 Å². The highest BCUT2D eigenvalue weighted by Gasteiger charge is 2.34. The van der Waals surface area contributed by atoms with Gasteiger partial charge in [0.1, 0.15) is 11.9 Å². The van der Waals surface area contributed by atoms with Crippen LogP contribution in [0, 0.1) is 5.41 Å². The summed E-state index contributed by atoms with van der Waals surface area (Å²) < 4.78 is 30.0. The smallest absolute Gasteiger partial charge is 0.414 e. The molecule has 0 saturated carbocycles. The molecule has 9 nitrogen and oxygen atoms in total. The lowest BCUT2D eigenvalue weighted by Gasteiger charge is -2.33. The minimum absolute atomic E-state index is 0.0216. The number of carbonyl (C=O) groups excluding carboxylic acids is 1. The topological polar surface area (TPSA) is 120 Å². The zero-order valence-corrected chi connectivity index (χ0v) is 15.4. The molecule has 0 bridgehead atoms. The number of nitrogens with two attached hydrogens (primary N) is 1. The molecular weight excluding hydrogens is 358 g/mol. The summed E-state index contributed by atoms with van der Waals surface area (Å²) in [6.45, 7) is 3.16. The Labute approximate surface area is 152 Å². The molecule has 2 fully saturated rings. The number of nitrogens with zero attached hydrogens (tertiary/aromatic N) is 3. The second kappa shape index (κ2) is 7.22. The molecule has 142 valence electrons. The Kier molecular flexibility index (Phi) is 5.17. The van der Waals surface area contributed by atoms with Crippen LogP contribution in [0.3, 0.4) is 0 Å². The Morgan fingerprint density at radius 1 is 1.23 bits per heavy atom. The van der Waals surface area contributed by atoms with Gasteiger partial charge in [-0.1, -0.05) is 0 Å². The first-order valence-corrected chi connectivity index (χ1v) is 10.2. The predicted molar refractivity (Wildman–Crippen MR) is 97.9 cm³/mol. The number of anilines is 1. The van der Waals surface area contributed by atoms with E-state index in [2.05, 4.69) is 4.90 Å². The molecule has 3 rings (SSSR count). The molecule has 0 spiro atoms. The number of sulfonamides is 1. The van der Waals surface area contributed by atoms with Crippen LogP contribution in [-0.4, -0.2) is 81.2 Å². The normalized spacial score (nSPS) is 22.4. The van der Waals surface area contributed by atoms with Gasteiger partial charge in [-0.2, -0.15) is 4.31 Å². The summed E-state index contributed by atoms with van der Waals surface area (Å²) in [4.78, 5) is 15.8. The number of nitrogens with one attached hydrogen (secondary N) is 1. The summed E-state index contributed by atoms with van der Waals surface area (Å²) in [5, 5.41) is 7.41. The molecule has 1 amide bonds. The van der Waals surface area contributed by atoms with Crippen molar-refractivity contribution in [2.75, 3.05) is 50.4 Å². The zero-order valence-electron chi connectivity index (χ0n) is 14.6. The lowest BCUT2D eigenvalue weighted by Crippen LogP contribution is -2.50. The lowest BCUT2D eigenvalue weighted by molar-refractivity contribution is 0.0938. The molecular formula is C16H23N5O4S. The third kappa shape index (κ3) is 4.14. The number of piperazine rings is 1. The minimum atomic E-state index is -3.15. The molecule has 26 heavy (non-hydrogen) atoms. The Balaban J connectivity index is 1.56. The van der Waals surface area contributed by atoms with E-state index in [-0.39, 0.29) is 11.9 Å². The van der Waals surface area contributed by atoms with Crippen molar-refractivity contribution in [2.45, 2.75) is 6.10 Å². The molecule has 2 aliphatic rings. The monoisotopic (exact) mass is 381 g/mol. The quantitative estimate of drug-likeness (QED) is 0.542.